The van der Waals surface area contributed by atoms with Crippen LogP contribution in [0.15, 0.2) is 34.5 Å². The van der Waals surface area contributed by atoms with Crippen molar-refractivity contribution in [3.8, 4) is 11.5 Å². The van der Waals surface area contributed by atoms with Crippen LogP contribution in [0.2, 0.25) is 0 Å². The SMILES string of the molecule is CCOc1ccc(C2C(C(=O)OC)=C(C)N=C(C)C2C(=O)OC)c(OCC(=O)O)c1. The number of rotatable bonds is 8. The van der Waals surface area contributed by atoms with E-state index in [9.17, 15) is 14.4 Å². The number of hydrogen-bond acceptors (Lipinski definition) is 8. The first-order valence-electron chi connectivity index (χ1n) is 9.28. The summed E-state index contributed by atoms with van der Waals surface area (Å²) in [5, 5.41) is 9.06. The molecule has 0 fully saturated rings. The van der Waals surface area contributed by atoms with Gasteiger partial charge in [-0.25, -0.2) is 9.59 Å². The number of carbonyl (C=O) groups is 3. The number of esters is 2. The van der Waals surface area contributed by atoms with Gasteiger partial charge in [0.1, 0.15) is 17.4 Å². The van der Waals surface area contributed by atoms with Gasteiger partial charge in [-0.15, -0.1) is 0 Å². The molecule has 0 radical (unpaired) electrons. The summed E-state index contributed by atoms with van der Waals surface area (Å²) in [6.07, 6.45) is 0. The van der Waals surface area contributed by atoms with E-state index in [1.54, 1.807) is 32.9 Å². The summed E-state index contributed by atoms with van der Waals surface area (Å²) in [7, 11) is 2.48. The highest BCUT2D eigenvalue weighted by molar-refractivity contribution is 6.07. The number of aliphatic imine (C=N–C) groups is 1. The van der Waals surface area contributed by atoms with Crippen LogP contribution in [-0.2, 0) is 23.9 Å². The number of benzene rings is 1. The monoisotopic (exact) mass is 419 g/mol. The van der Waals surface area contributed by atoms with Crippen LogP contribution in [0.4, 0.5) is 0 Å². The van der Waals surface area contributed by atoms with Crippen LogP contribution >= 0.6 is 0 Å². The summed E-state index contributed by atoms with van der Waals surface area (Å²) in [6.45, 7) is 4.90. The van der Waals surface area contributed by atoms with Gasteiger partial charge in [0, 0.05) is 29.0 Å². The molecule has 1 N–H and O–H groups in total. The molecule has 9 heteroatoms. The topological polar surface area (TPSA) is 121 Å². The Morgan fingerprint density at radius 3 is 2.37 bits per heavy atom. The Morgan fingerprint density at radius 2 is 1.80 bits per heavy atom. The van der Waals surface area contributed by atoms with Crippen LogP contribution in [-0.4, -0.2) is 56.2 Å². The molecule has 0 aliphatic carbocycles. The predicted octanol–water partition coefficient (Wildman–Crippen LogP) is 2.34. The minimum absolute atomic E-state index is 0.169. The standard InChI is InChI=1S/C21H25NO8/c1-6-29-13-7-8-14(15(9-13)30-10-16(23)24)19-17(20(25)27-4)11(2)22-12(3)18(19)21(26)28-5/h7-9,17,19H,6,10H2,1-5H3,(H,23,24). The van der Waals surface area contributed by atoms with Crippen LogP contribution in [0.5, 0.6) is 11.5 Å². The smallest absolute Gasteiger partial charge is 0.341 e. The van der Waals surface area contributed by atoms with Crippen molar-refractivity contribution in [2.45, 2.75) is 26.7 Å². The van der Waals surface area contributed by atoms with Gasteiger partial charge in [-0.05, 0) is 26.8 Å². The number of ether oxygens (including phenoxy) is 4. The average molecular weight is 419 g/mol. The van der Waals surface area contributed by atoms with Gasteiger partial charge in [-0.1, -0.05) is 6.07 Å². The Morgan fingerprint density at radius 1 is 1.10 bits per heavy atom. The zero-order chi connectivity index (χ0) is 22.4. The third-order valence-electron chi connectivity index (χ3n) is 4.67. The molecule has 162 valence electrons. The van der Waals surface area contributed by atoms with E-state index < -0.39 is 36.4 Å². The summed E-state index contributed by atoms with van der Waals surface area (Å²) in [5.74, 6) is -3.55. The number of carboxylic acid groups (broad SMARTS) is 1. The first-order chi connectivity index (χ1) is 14.2. The van der Waals surface area contributed by atoms with Crippen molar-refractivity contribution in [3.63, 3.8) is 0 Å². The number of hydrogen-bond donors (Lipinski definition) is 1. The van der Waals surface area contributed by atoms with Gasteiger partial charge in [-0.2, -0.15) is 0 Å². The Kier molecular flexibility index (Phi) is 7.57. The number of carboxylic acids is 1. The van der Waals surface area contributed by atoms with Gasteiger partial charge >= 0.3 is 17.9 Å². The maximum absolute atomic E-state index is 12.6. The molecule has 1 aliphatic heterocycles. The van der Waals surface area contributed by atoms with Crippen molar-refractivity contribution in [1.29, 1.82) is 0 Å². The van der Waals surface area contributed by atoms with Crippen LogP contribution < -0.4 is 9.47 Å². The van der Waals surface area contributed by atoms with E-state index in [-0.39, 0.29) is 11.3 Å². The fourth-order valence-corrected chi connectivity index (χ4v) is 3.47. The van der Waals surface area contributed by atoms with E-state index in [0.717, 1.165) is 0 Å². The lowest BCUT2D eigenvalue weighted by atomic mass is 9.75. The van der Waals surface area contributed by atoms with Crippen molar-refractivity contribution >= 4 is 23.6 Å². The van der Waals surface area contributed by atoms with Crippen molar-refractivity contribution in [2.24, 2.45) is 10.9 Å². The quantitative estimate of drug-likeness (QED) is 0.638. The van der Waals surface area contributed by atoms with Crippen LogP contribution in [0.3, 0.4) is 0 Å². The number of nitrogens with zero attached hydrogens (tertiary/aromatic N) is 1. The van der Waals surface area contributed by atoms with Gasteiger partial charge in [0.2, 0.25) is 0 Å². The summed E-state index contributed by atoms with van der Waals surface area (Å²) in [4.78, 5) is 40.7. The third kappa shape index (κ3) is 4.79. The van der Waals surface area contributed by atoms with E-state index in [4.69, 9.17) is 24.1 Å². The number of carbonyl (C=O) groups excluding carboxylic acids is 2. The maximum Gasteiger partial charge on any atom is 0.341 e. The zero-order valence-electron chi connectivity index (χ0n) is 17.6. The largest absolute Gasteiger partial charge is 0.494 e. The van der Waals surface area contributed by atoms with Gasteiger partial charge in [0.25, 0.3) is 0 Å². The molecule has 2 unspecified atom stereocenters. The van der Waals surface area contributed by atoms with Crippen LogP contribution in [0, 0.1) is 5.92 Å². The molecule has 1 aromatic rings. The first-order valence-corrected chi connectivity index (χ1v) is 9.28. The zero-order valence-corrected chi connectivity index (χ0v) is 17.6. The van der Waals surface area contributed by atoms with Crippen LogP contribution in [0.25, 0.3) is 0 Å². The molecule has 0 spiro atoms. The lowest BCUT2D eigenvalue weighted by Gasteiger charge is -2.32. The molecule has 0 saturated heterocycles. The Balaban J connectivity index is 2.72. The van der Waals surface area contributed by atoms with Gasteiger partial charge in [-0.3, -0.25) is 9.79 Å². The van der Waals surface area contributed by atoms with Crippen molar-refractivity contribution in [2.75, 3.05) is 27.4 Å². The molecule has 1 aromatic carbocycles. The molecule has 0 amide bonds. The van der Waals surface area contributed by atoms with E-state index in [0.29, 0.717) is 29.3 Å². The molecule has 0 bridgehead atoms. The van der Waals surface area contributed by atoms with E-state index in [2.05, 4.69) is 4.99 Å². The fraction of sp³-hybridized carbons (Fsp3) is 0.429. The number of aliphatic carboxylic acids is 1. The molecule has 30 heavy (non-hydrogen) atoms. The molecular formula is C21H25NO8. The minimum Gasteiger partial charge on any atom is -0.494 e. The van der Waals surface area contributed by atoms with E-state index in [1.165, 1.54) is 20.3 Å². The highest BCUT2D eigenvalue weighted by atomic mass is 16.5. The predicted molar refractivity (Wildman–Crippen MR) is 107 cm³/mol. The van der Waals surface area contributed by atoms with Crippen molar-refractivity contribution in [1.82, 2.24) is 0 Å². The summed E-state index contributed by atoms with van der Waals surface area (Å²) >= 11 is 0. The van der Waals surface area contributed by atoms with Crippen LogP contribution in [0.1, 0.15) is 32.3 Å². The second-order valence-corrected chi connectivity index (χ2v) is 6.54. The lowest BCUT2D eigenvalue weighted by molar-refractivity contribution is -0.144. The Hall–Kier alpha value is -3.36. The van der Waals surface area contributed by atoms with E-state index in [1.807, 2.05) is 0 Å². The van der Waals surface area contributed by atoms with E-state index >= 15 is 0 Å². The van der Waals surface area contributed by atoms with Crippen molar-refractivity contribution in [3.05, 3.63) is 35.0 Å². The molecule has 2 atom stereocenters. The molecule has 9 nitrogen and oxygen atoms in total. The van der Waals surface area contributed by atoms with Gasteiger partial charge < -0.3 is 24.1 Å². The lowest BCUT2D eigenvalue weighted by Crippen LogP contribution is -2.36. The number of allylic oxidation sites excluding steroid dienone is 1. The first kappa shape index (κ1) is 22.9. The molecule has 1 aliphatic rings. The Bertz CT molecular complexity index is 902. The molecule has 0 aromatic heterocycles. The molecule has 1 heterocycles. The normalized spacial score (nSPS) is 18.4. The summed E-state index contributed by atoms with van der Waals surface area (Å²) in [6, 6.07) is 4.82. The second kappa shape index (κ2) is 9.91. The second-order valence-electron chi connectivity index (χ2n) is 6.54. The van der Waals surface area contributed by atoms with Gasteiger partial charge in [0.15, 0.2) is 6.61 Å². The summed E-state index contributed by atoms with van der Waals surface area (Å²) in [5.41, 5.74) is 1.43. The van der Waals surface area contributed by atoms with Gasteiger partial charge in [0.05, 0.1) is 26.4 Å². The van der Waals surface area contributed by atoms with Crippen molar-refractivity contribution < 1.29 is 38.4 Å². The minimum atomic E-state index is -1.17. The number of methoxy groups -OCH3 is 2. The molecule has 2 rings (SSSR count). The summed E-state index contributed by atoms with van der Waals surface area (Å²) < 4.78 is 20.9. The highest BCUT2D eigenvalue weighted by Gasteiger charge is 2.43. The maximum atomic E-state index is 12.6. The molecule has 0 saturated carbocycles. The fourth-order valence-electron chi connectivity index (χ4n) is 3.47. The average Bonchev–Trinajstić information content (AvgIpc) is 2.71. The Labute approximate surface area is 174 Å². The molecular weight excluding hydrogens is 394 g/mol. The highest BCUT2D eigenvalue weighted by Crippen LogP contribution is 2.44. The third-order valence-corrected chi connectivity index (χ3v) is 4.67.